The highest BCUT2D eigenvalue weighted by atomic mass is 16.6. The average molecular weight is 382 g/mol. The number of nitrogens with zero attached hydrogens (tertiary/aromatic N) is 2. The topological polar surface area (TPSA) is 117 Å². The predicted molar refractivity (Wildman–Crippen MR) is 93.1 cm³/mol. The summed E-state index contributed by atoms with van der Waals surface area (Å²) in [5.74, 6) is -1.15. The smallest absolute Gasteiger partial charge is 0.345 e. The highest BCUT2D eigenvalue weighted by Gasteiger charge is 2.29. The first-order valence-electron chi connectivity index (χ1n) is 8.27. The Morgan fingerprint density at radius 1 is 1.19 bits per heavy atom. The summed E-state index contributed by atoms with van der Waals surface area (Å²) in [7, 11) is 2.66. The van der Waals surface area contributed by atoms with Gasteiger partial charge in [-0.05, 0) is 13.8 Å². The van der Waals surface area contributed by atoms with E-state index in [4.69, 9.17) is 18.9 Å². The Morgan fingerprint density at radius 2 is 1.74 bits per heavy atom. The van der Waals surface area contributed by atoms with E-state index in [0.717, 1.165) is 12.1 Å². The highest BCUT2D eigenvalue weighted by molar-refractivity contribution is 5.96. The lowest BCUT2D eigenvalue weighted by Gasteiger charge is -2.35. The molecule has 1 amide bonds. The van der Waals surface area contributed by atoms with Crippen LogP contribution in [0.4, 0.5) is 5.69 Å². The normalized spacial score (nSPS) is 19.3. The minimum Gasteiger partial charge on any atom is -0.493 e. The van der Waals surface area contributed by atoms with E-state index in [1.165, 1.54) is 19.1 Å². The fourth-order valence-electron chi connectivity index (χ4n) is 2.86. The van der Waals surface area contributed by atoms with Crippen LogP contribution in [0.1, 0.15) is 24.2 Å². The molecule has 0 saturated carbocycles. The quantitative estimate of drug-likeness (QED) is 0.412. The maximum absolute atomic E-state index is 12.3. The summed E-state index contributed by atoms with van der Waals surface area (Å²) < 4.78 is 20.6. The zero-order valence-corrected chi connectivity index (χ0v) is 15.6. The molecule has 0 aliphatic carbocycles. The monoisotopic (exact) mass is 382 g/mol. The van der Waals surface area contributed by atoms with E-state index in [1.807, 2.05) is 13.8 Å². The SMILES string of the molecule is COc1cc(C(=O)OCC(=O)N2C[C@@H](C)O[C@@H](C)C2)c([N+](=O)[O-])cc1OC. The maximum Gasteiger partial charge on any atom is 0.345 e. The number of morpholine rings is 1. The number of esters is 1. The zero-order valence-electron chi connectivity index (χ0n) is 15.6. The molecule has 27 heavy (non-hydrogen) atoms. The van der Waals surface area contributed by atoms with E-state index < -0.39 is 29.1 Å². The van der Waals surface area contributed by atoms with Gasteiger partial charge in [0.15, 0.2) is 18.1 Å². The second kappa shape index (κ2) is 8.67. The van der Waals surface area contributed by atoms with E-state index in [2.05, 4.69) is 0 Å². The second-order valence-corrected chi connectivity index (χ2v) is 6.11. The van der Waals surface area contributed by atoms with Gasteiger partial charge in [-0.25, -0.2) is 4.79 Å². The molecule has 0 spiro atoms. The molecule has 0 radical (unpaired) electrons. The van der Waals surface area contributed by atoms with E-state index in [0.29, 0.717) is 13.1 Å². The maximum atomic E-state index is 12.3. The minimum atomic E-state index is -0.995. The Kier molecular flexibility index (Phi) is 6.56. The summed E-state index contributed by atoms with van der Waals surface area (Å²) >= 11 is 0. The molecule has 0 N–H and O–H groups in total. The molecule has 1 fully saturated rings. The third kappa shape index (κ3) is 4.85. The van der Waals surface area contributed by atoms with Crippen molar-refractivity contribution in [1.29, 1.82) is 0 Å². The van der Waals surface area contributed by atoms with Crippen molar-refractivity contribution in [3.05, 3.63) is 27.8 Å². The van der Waals surface area contributed by atoms with E-state index in [-0.39, 0.29) is 29.3 Å². The van der Waals surface area contributed by atoms with Crippen molar-refractivity contribution in [3.8, 4) is 11.5 Å². The Morgan fingerprint density at radius 3 is 2.26 bits per heavy atom. The molecule has 0 bridgehead atoms. The van der Waals surface area contributed by atoms with Crippen molar-refractivity contribution in [2.75, 3.05) is 33.9 Å². The van der Waals surface area contributed by atoms with Gasteiger partial charge in [0.1, 0.15) is 5.56 Å². The first-order valence-corrected chi connectivity index (χ1v) is 8.27. The van der Waals surface area contributed by atoms with Gasteiger partial charge < -0.3 is 23.8 Å². The van der Waals surface area contributed by atoms with Gasteiger partial charge in [0, 0.05) is 19.2 Å². The Hall–Kier alpha value is -2.88. The number of carbonyl (C=O) groups excluding carboxylic acids is 2. The molecule has 148 valence electrons. The summed E-state index contributed by atoms with van der Waals surface area (Å²) in [5, 5.41) is 11.3. The number of benzene rings is 1. The Balaban J connectivity index is 2.13. The summed E-state index contributed by atoms with van der Waals surface area (Å²) in [6.07, 6.45) is -0.249. The minimum absolute atomic E-state index is 0.105. The van der Waals surface area contributed by atoms with Crippen LogP contribution in [0.3, 0.4) is 0 Å². The molecule has 1 heterocycles. The van der Waals surface area contributed by atoms with Gasteiger partial charge in [0.05, 0.1) is 37.4 Å². The molecule has 1 aliphatic heterocycles. The Labute approximate surface area is 156 Å². The molecule has 0 aromatic heterocycles. The molecular weight excluding hydrogens is 360 g/mol. The van der Waals surface area contributed by atoms with Crippen LogP contribution in [0.15, 0.2) is 12.1 Å². The highest BCUT2D eigenvalue weighted by Crippen LogP contribution is 2.34. The summed E-state index contributed by atoms with van der Waals surface area (Å²) in [5.41, 5.74) is -0.826. The number of carbonyl (C=O) groups is 2. The number of hydrogen-bond donors (Lipinski definition) is 0. The second-order valence-electron chi connectivity index (χ2n) is 6.11. The number of nitro benzene ring substituents is 1. The molecule has 0 unspecified atom stereocenters. The van der Waals surface area contributed by atoms with Crippen LogP contribution in [0, 0.1) is 10.1 Å². The lowest BCUT2D eigenvalue weighted by Crippen LogP contribution is -2.49. The number of rotatable bonds is 6. The van der Waals surface area contributed by atoms with Crippen molar-refractivity contribution in [1.82, 2.24) is 4.90 Å². The van der Waals surface area contributed by atoms with Crippen LogP contribution >= 0.6 is 0 Å². The van der Waals surface area contributed by atoms with E-state index >= 15 is 0 Å². The van der Waals surface area contributed by atoms with Crippen LogP contribution in [0.25, 0.3) is 0 Å². The lowest BCUT2D eigenvalue weighted by atomic mass is 10.1. The molecule has 10 heteroatoms. The number of ether oxygens (including phenoxy) is 4. The molecule has 1 aliphatic rings. The van der Waals surface area contributed by atoms with Gasteiger partial charge in [0.2, 0.25) is 0 Å². The fraction of sp³-hybridized carbons (Fsp3) is 0.529. The van der Waals surface area contributed by atoms with Gasteiger partial charge in [0.25, 0.3) is 11.6 Å². The Bertz CT molecular complexity index is 726. The van der Waals surface area contributed by atoms with Gasteiger partial charge in [-0.3, -0.25) is 14.9 Å². The molecule has 1 aromatic carbocycles. The van der Waals surface area contributed by atoms with Crippen molar-refractivity contribution in [2.45, 2.75) is 26.1 Å². The number of nitro groups is 1. The molecule has 10 nitrogen and oxygen atoms in total. The number of amides is 1. The standard InChI is InChI=1S/C17H22N2O8/c1-10-7-18(8-11(2)27-10)16(20)9-26-17(21)12-5-14(24-3)15(25-4)6-13(12)19(22)23/h5-6,10-11H,7-9H2,1-4H3/t10-,11+. The van der Waals surface area contributed by atoms with Crippen molar-refractivity contribution < 1.29 is 33.5 Å². The lowest BCUT2D eigenvalue weighted by molar-refractivity contribution is -0.385. The predicted octanol–water partition coefficient (Wildman–Crippen LogP) is 1.40. The fourth-order valence-corrected chi connectivity index (χ4v) is 2.86. The zero-order chi connectivity index (χ0) is 20.1. The van der Waals surface area contributed by atoms with Crippen LogP contribution in [0.2, 0.25) is 0 Å². The molecule has 1 aromatic rings. The number of methoxy groups -OCH3 is 2. The first-order chi connectivity index (χ1) is 12.8. The summed E-state index contributed by atoms with van der Waals surface area (Å²) in [6, 6.07) is 2.23. The average Bonchev–Trinajstić information content (AvgIpc) is 2.63. The van der Waals surface area contributed by atoms with Gasteiger partial charge in [-0.15, -0.1) is 0 Å². The van der Waals surface area contributed by atoms with Gasteiger partial charge >= 0.3 is 5.97 Å². The molecule has 2 rings (SSSR count). The van der Waals surface area contributed by atoms with E-state index in [1.54, 1.807) is 0 Å². The van der Waals surface area contributed by atoms with Crippen molar-refractivity contribution in [2.24, 2.45) is 0 Å². The number of hydrogen-bond acceptors (Lipinski definition) is 8. The van der Waals surface area contributed by atoms with Gasteiger partial charge in [-0.2, -0.15) is 0 Å². The third-order valence-electron chi connectivity index (χ3n) is 4.02. The van der Waals surface area contributed by atoms with Crippen molar-refractivity contribution in [3.63, 3.8) is 0 Å². The van der Waals surface area contributed by atoms with Crippen LogP contribution in [-0.2, 0) is 14.3 Å². The first kappa shape index (κ1) is 20.4. The molecule has 2 atom stereocenters. The van der Waals surface area contributed by atoms with Crippen LogP contribution in [0.5, 0.6) is 11.5 Å². The summed E-state index contributed by atoms with van der Waals surface area (Å²) in [4.78, 5) is 36.7. The third-order valence-corrected chi connectivity index (χ3v) is 4.02. The van der Waals surface area contributed by atoms with Crippen LogP contribution < -0.4 is 9.47 Å². The van der Waals surface area contributed by atoms with Crippen LogP contribution in [-0.4, -0.2) is 67.8 Å². The molecular formula is C17H22N2O8. The largest absolute Gasteiger partial charge is 0.493 e. The van der Waals surface area contributed by atoms with E-state index in [9.17, 15) is 19.7 Å². The van der Waals surface area contributed by atoms with Gasteiger partial charge in [-0.1, -0.05) is 0 Å². The summed E-state index contributed by atoms with van der Waals surface area (Å²) in [6.45, 7) is 3.93. The van der Waals surface area contributed by atoms with Crippen molar-refractivity contribution >= 4 is 17.6 Å². The molecule has 1 saturated heterocycles.